The number of aliphatic carboxylic acids is 1. The number of para-hydroxylation sites is 1. The monoisotopic (exact) mass is 610 g/mol. The second-order valence-corrected chi connectivity index (χ2v) is 14.2. The van der Waals surface area contributed by atoms with E-state index >= 15 is 0 Å². The van der Waals surface area contributed by atoms with Gasteiger partial charge in [0.2, 0.25) is 0 Å². The highest BCUT2D eigenvalue weighted by Gasteiger charge is 2.32. The van der Waals surface area contributed by atoms with Gasteiger partial charge in [0, 0.05) is 36.2 Å². The minimum Gasteiger partial charge on any atom is -0.492 e. The van der Waals surface area contributed by atoms with Crippen molar-refractivity contribution < 1.29 is 27.9 Å². The fourth-order valence-corrected chi connectivity index (χ4v) is 6.65. The van der Waals surface area contributed by atoms with Crippen LogP contribution in [-0.4, -0.2) is 79.1 Å². The van der Waals surface area contributed by atoms with Crippen molar-refractivity contribution in [2.24, 2.45) is 0 Å². The topological polar surface area (TPSA) is 113 Å². The van der Waals surface area contributed by atoms with Crippen molar-refractivity contribution in [1.82, 2.24) is 10.2 Å². The van der Waals surface area contributed by atoms with Crippen molar-refractivity contribution in [2.45, 2.75) is 43.6 Å². The third-order valence-electron chi connectivity index (χ3n) is 7.54. The highest BCUT2D eigenvalue weighted by Crippen LogP contribution is 2.32. The number of ether oxygens (including phenoxy) is 1. The standard InChI is InChI=1S/C32H38N2O6S2/c1-22-9-7-8-12-27(22)29-17-23(13-14-28(29)31(35)33-30(32(36)37)15-16-42(3,38)39)19-34-20-26(41-2)18-24(34)21-40-25-10-5-4-6-11-25/h4-14,17,24,26,30H,15-16,18-21H2,1-3H3,(H,33,35)(H,36,37)/t24-,26?,30-/m0/s1. The summed E-state index contributed by atoms with van der Waals surface area (Å²) < 4.78 is 29.4. The third-order valence-corrected chi connectivity index (χ3v) is 9.52. The van der Waals surface area contributed by atoms with Gasteiger partial charge in [0.15, 0.2) is 0 Å². The van der Waals surface area contributed by atoms with Crippen LogP contribution < -0.4 is 10.1 Å². The lowest BCUT2D eigenvalue weighted by Crippen LogP contribution is -2.42. The molecular formula is C32H38N2O6S2. The Balaban J connectivity index is 1.59. The number of aryl methyl sites for hydroxylation is 1. The summed E-state index contributed by atoms with van der Waals surface area (Å²) in [6.07, 6.45) is 3.98. The zero-order valence-electron chi connectivity index (χ0n) is 24.2. The number of carboxylic acids is 1. The molecule has 10 heteroatoms. The van der Waals surface area contributed by atoms with E-state index in [0.29, 0.717) is 29.5 Å². The summed E-state index contributed by atoms with van der Waals surface area (Å²) >= 11 is 1.86. The van der Waals surface area contributed by atoms with Gasteiger partial charge >= 0.3 is 5.97 Å². The SMILES string of the molecule is CSC1C[C@@H](COc2ccccc2)N(Cc2ccc(C(=O)N[C@@H](CCS(C)(=O)=O)C(=O)O)c(-c3ccccc3C)c2)C1. The van der Waals surface area contributed by atoms with E-state index in [0.717, 1.165) is 41.7 Å². The van der Waals surface area contributed by atoms with Crippen molar-refractivity contribution in [2.75, 3.05) is 31.4 Å². The molecule has 2 N–H and O–H groups in total. The lowest BCUT2D eigenvalue weighted by atomic mass is 9.93. The Bertz CT molecular complexity index is 1500. The van der Waals surface area contributed by atoms with Gasteiger partial charge in [0.25, 0.3) is 5.91 Å². The molecule has 0 radical (unpaired) electrons. The highest BCUT2D eigenvalue weighted by molar-refractivity contribution is 7.99. The molecule has 1 fully saturated rings. The van der Waals surface area contributed by atoms with E-state index in [4.69, 9.17) is 4.74 Å². The molecule has 1 saturated heterocycles. The van der Waals surface area contributed by atoms with E-state index < -0.39 is 27.8 Å². The third kappa shape index (κ3) is 8.59. The van der Waals surface area contributed by atoms with Crippen molar-refractivity contribution in [3.8, 4) is 16.9 Å². The fraction of sp³-hybridized carbons (Fsp3) is 0.375. The van der Waals surface area contributed by atoms with Gasteiger partial charge in [0.05, 0.1) is 5.75 Å². The molecule has 1 amide bonds. The second kappa shape index (κ2) is 14.2. The predicted octanol–water partition coefficient (Wildman–Crippen LogP) is 4.66. The number of benzene rings is 3. The molecule has 3 aromatic carbocycles. The summed E-state index contributed by atoms with van der Waals surface area (Å²) in [6, 6.07) is 22.1. The Morgan fingerprint density at radius 2 is 1.79 bits per heavy atom. The smallest absolute Gasteiger partial charge is 0.326 e. The van der Waals surface area contributed by atoms with Gasteiger partial charge in [-0.2, -0.15) is 11.8 Å². The average Bonchev–Trinajstić information content (AvgIpc) is 3.35. The quantitative estimate of drug-likeness (QED) is 0.287. The summed E-state index contributed by atoms with van der Waals surface area (Å²) in [5.74, 6) is -1.32. The molecule has 8 nitrogen and oxygen atoms in total. The molecule has 1 unspecified atom stereocenters. The number of hydrogen-bond acceptors (Lipinski definition) is 7. The molecule has 1 heterocycles. The first-order valence-corrected chi connectivity index (χ1v) is 17.2. The van der Waals surface area contributed by atoms with Crippen molar-refractivity contribution >= 4 is 33.5 Å². The van der Waals surface area contributed by atoms with E-state index in [1.165, 1.54) is 0 Å². The number of likely N-dealkylation sites (tertiary alicyclic amines) is 1. The summed E-state index contributed by atoms with van der Waals surface area (Å²) in [7, 11) is -3.39. The summed E-state index contributed by atoms with van der Waals surface area (Å²) in [5, 5.41) is 12.7. The molecule has 42 heavy (non-hydrogen) atoms. The minimum atomic E-state index is -3.39. The van der Waals surface area contributed by atoms with Crippen LogP contribution in [0, 0.1) is 6.92 Å². The van der Waals surface area contributed by atoms with Crippen LogP contribution in [0.4, 0.5) is 0 Å². The number of carboxylic acid groups (broad SMARTS) is 1. The largest absolute Gasteiger partial charge is 0.492 e. The molecule has 3 atom stereocenters. The zero-order chi connectivity index (χ0) is 30.3. The molecule has 0 aliphatic carbocycles. The number of nitrogens with zero attached hydrogens (tertiary/aromatic N) is 1. The van der Waals surface area contributed by atoms with E-state index in [1.807, 2.05) is 85.4 Å². The molecule has 0 spiro atoms. The summed E-state index contributed by atoms with van der Waals surface area (Å²) in [6.45, 7) is 4.14. The van der Waals surface area contributed by atoms with Gasteiger partial charge in [-0.3, -0.25) is 9.69 Å². The van der Waals surface area contributed by atoms with Crippen LogP contribution >= 0.6 is 11.8 Å². The van der Waals surface area contributed by atoms with Gasteiger partial charge in [-0.25, -0.2) is 13.2 Å². The van der Waals surface area contributed by atoms with Gasteiger partial charge in [0.1, 0.15) is 28.2 Å². The summed E-state index contributed by atoms with van der Waals surface area (Å²) in [5.41, 5.74) is 3.93. The first-order valence-electron chi connectivity index (χ1n) is 13.9. The molecular weight excluding hydrogens is 572 g/mol. The van der Waals surface area contributed by atoms with Gasteiger partial charge in [-0.1, -0.05) is 48.5 Å². The zero-order valence-corrected chi connectivity index (χ0v) is 25.8. The molecule has 1 aliphatic heterocycles. The molecule has 0 aromatic heterocycles. The number of carbonyl (C=O) groups excluding carboxylic acids is 1. The number of amides is 1. The molecule has 224 valence electrons. The maximum Gasteiger partial charge on any atom is 0.326 e. The molecule has 4 rings (SSSR count). The second-order valence-electron chi connectivity index (χ2n) is 10.8. The van der Waals surface area contributed by atoms with Crippen LogP contribution in [0.3, 0.4) is 0 Å². The van der Waals surface area contributed by atoms with Crippen LogP contribution in [0.5, 0.6) is 5.75 Å². The maximum atomic E-state index is 13.4. The summed E-state index contributed by atoms with van der Waals surface area (Å²) in [4.78, 5) is 27.7. The van der Waals surface area contributed by atoms with Gasteiger partial charge in [-0.05, 0) is 72.5 Å². The van der Waals surface area contributed by atoms with E-state index in [9.17, 15) is 23.1 Å². The van der Waals surface area contributed by atoms with E-state index in [1.54, 1.807) is 6.07 Å². The number of nitrogens with one attached hydrogen (secondary N) is 1. The van der Waals surface area contributed by atoms with Crippen LogP contribution in [0.2, 0.25) is 0 Å². The first-order chi connectivity index (χ1) is 20.0. The Hall–Kier alpha value is -3.34. The normalized spacial score (nSPS) is 18.0. The number of carbonyl (C=O) groups is 2. The molecule has 0 saturated carbocycles. The number of thioether (sulfide) groups is 1. The Kier molecular flexibility index (Phi) is 10.7. The first kappa shape index (κ1) is 31.6. The lowest BCUT2D eigenvalue weighted by molar-refractivity contribution is -0.139. The van der Waals surface area contributed by atoms with Crippen LogP contribution in [-0.2, 0) is 21.2 Å². The lowest BCUT2D eigenvalue weighted by Gasteiger charge is -2.25. The molecule has 3 aromatic rings. The Labute approximate surface area is 252 Å². The Morgan fingerprint density at radius 1 is 1.07 bits per heavy atom. The average molecular weight is 611 g/mol. The molecule has 1 aliphatic rings. The van der Waals surface area contributed by atoms with Crippen LogP contribution in [0.25, 0.3) is 11.1 Å². The van der Waals surface area contributed by atoms with Crippen LogP contribution in [0.15, 0.2) is 72.8 Å². The number of hydrogen-bond donors (Lipinski definition) is 2. The predicted molar refractivity (Wildman–Crippen MR) is 168 cm³/mol. The number of sulfone groups is 1. The van der Waals surface area contributed by atoms with E-state index in [2.05, 4.69) is 16.5 Å². The maximum absolute atomic E-state index is 13.4. The van der Waals surface area contributed by atoms with E-state index in [-0.39, 0.29) is 18.2 Å². The molecule has 0 bridgehead atoms. The van der Waals surface area contributed by atoms with Gasteiger partial charge in [-0.15, -0.1) is 0 Å². The minimum absolute atomic E-state index is 0.213. The Morgan fingerprint density at radius 3 is 2.45 bits per heavy atom. The number of rotatable bonds is 13. The van der Waals surface area contributed by atoms with Gasteiger partial charge < -0.3 is 15.2 Å². The highest BCUT2D eigenvalue weighted by atomic mass is 32.2. The van der Waals surface area contributed by atoms with Crippen molar-refractivity contribution in [1.29, 1.82) is 0 Å². The van der Waals surface area contributed by atoms with Crippen LogP contribution in [0.1, 0.15) is 34.3 Å². The van der Waals surface area contributed by atoms with Crippen molar-refractivity contribution in [3.05, 3.63) is 89.5 Å². The fourth-order valence-electron chi connectivity index (χ4n) is 5.23. The van der Waals surface area contributed by atoms with Crippen molar-refractivity contribution in [3.63, 3.8) is 0 Å².